The van der Waals surface area contributed by atoms with Crippen LogP contribution in [0.2, 0.25) is 0 Å². The van der Waals surface area contributed by atoms with Gasteiger partial charge in [0.1, 0.15) is 12.7 Å². The largest absolute Gasteiger partial charge is 0.354 e. The highest BCUT2D eigenvalue weighted by atomic mass is 32.2. The molecule has 2 unspecified atom stereocenters. The lowest BCUT2D eigenvalue weighted by molar-refractivity contribution is 0.682. The minimum Gasteiger partial charge on any atom is -0.354 e. The van der Waals surface area contributed by atoms with Gasteiger partial charge < -0.3 is 10.6 Å². The molecule has 0 amide bonds. The summed E-state index contributed by atoms with van der Waals surface area (Å²) in [6.07, 6.45) is 4.59. The van der Waals surface area contributed by atoms with E-state index in [-0.39, 0.29) is 6.04 Å². The van der Waals surface area contributed by atoms with Crippen molar-refractivity contribution in [3.63, 3.8) is 0 Å². The summed E-state index contributed by atoms with van der Waals surface area (Å²) in [5, 5.41) is 10.2. The molecule has 114 valence electrons. The molecule has 21 heavy (non-hydrogen) atoms. The van der Waals surface area contributed by atoms with Gasteiger partial charge in [0, 0.05) is 35.4 Å². The van der Waals surface area contributed by atoms with Crippen molar-refractivity contribution >= 4 is 22.7 Å². The quantitative estimate of drug-likeness (QED) is 0.739. The van der Waals surface area contributed by atoms with Crippen LogP contribution in [0.5, 0.6) is 0 Å². The summed E-state index contributed by atoms with van der Waals surface area (Å²) < 4.78 is 12.7. The minimum atomic E-state index is -0.890. The predicted molar refractivity (Wildman–Crippen MR) is 80.9 cm³/mol. The molecule has 10 heteroatoms. The van der Waals surface area contributed by atoms with Gasteiger partial charge in [0.05, 0.1) is 0 Å². The Morgan fingerprint density at radius 3 is 2.71 bits per heavy atom. The summed E-state index contributed by atoms with van der Waals surface area (Å²) in [5.41, 5.74) is 0. The zero-order valence-electron chi connectivity index (χ0n) is 12.1. The van der Waals surface area contributed by atoms with Crippen molar-refractivity contribution < 1.29 is 4.21 Å². The third-order valence-corrected chi connectivity index (χ3v) is 3.41. The summed E-state index contributed by atoms with van der Waals surface area (Å²) in [5.74, 6) is 1.74. The molecule has 2 aromatic heterocycles. The van der Waals surface area contributed by atoms with Crippen molar-refractivity contribution in [1.82, 2.24) is 29.7 Å². The summed E-state index contributed by atoms with van der Waals surface area (Å²) in [6.45, 7) is 4.57. The summed E-state index contributed by atoms with van der Waals surface area (Å²) in [6, 6.07) is -0.0173. The summed E-state index contributed by atoms with van der Waals surface area (Å²) in [7, 11) is -0.890. The van der Waals surface area contributed by atoms with Crippen molar-refractivity contribution in [2.45, 2.75) is 19.9 Å². The van der Waals surface area contributed by atoms with E-state index in [0.29, 0.717) is 30.1 Å². The SMILES string of the molecule is CCNc1nc(NC(C)CS(C)=O)nc(-n2cncn2)n1. The Hall–Kier alpha value is -2.10. The average Bonchev–Trinajstić information content (AvgIpc) is 2.91. The molecule has 0 aromatic carbocycles. The third kappa shape index (κ3) is 4.45. The highest BCUT2D eigenvalue weighted by molar-refractivity contribution is 7.84. The van der Waals surface area contributed by atoms with Crippen LogP contribution in [-0.4, -0.2) is 58.5 Å². The van der Waals surface area contributed by atoms with E-state index in [4.69, 9.17) is 0 Å². The van der Waals surface area contributed by atoms with Crippen LogP contribution in [0.4, 0.5) is 11.9 Å². The molecule has 0 fully saturated rings. The van der Waals surface area contributed by atoms with Crippen LogP contribution in [0.3, 0.4) is 0 Å². The van der Waals surface area contributed by atoms with Crippen molar-refractivity contribution in [2.24, 2.45) is 0 Å². The van der Waals surface area contributed by atoms with E-state index in [1.54, 1.807) is 6.26 Å². The van der Waals surface area contributed by atoms with Crippen LogP contribution < -0.4 is 10.6 Å². The van der Waals surface area contributed by atoms with E-state index in [2.05, 4.69) is 35.7 Å². The lowest BCUT2D eigenvalue weighted by Gasteiger charge is -2.13. The molecule has 0 spiro atoms. The lowest BCUT2D eigenvalue weighted by Crippen LogP contribution is -2.24. The van der Waals surface area contributed by atoms with Crippen LogP contribution in [-0.2, 0) is 10.8 Å². The van der Waals surface area contributed by atoms with E-state index in [1.807, 2.05) is 13.8 Å². The maximum absolute atomic E-state index is 11.3. The van der Waals surface area contributed by atoms with Gasteiger partial charge in [0.2, 0.25) is 11.9 Å². The number of rotatable bonds is 7. The minimum absolute atomic E-state index is 0.0173. The summed E-state index contributed by atoms with van der Waals surface area (Å²) in [4.78, 5) is 16.7. The molecule has 0 bridgehead atoms. The highest BCUT2D eigenvalue weighted by Crippen LogP contribution is 2.09. The van der Waals surface area contributed by atoms with Gasteiger partial charge in [-0.05, 0) is 13.8 Å². The number of anilines is 2. The first-order valence-electron chi connectivity index (χ1n) is 6.50. The Labute approximate surface area is 125 Å². The van der Waals surface area contributed by atoms with Crippen LogP contribution in [0.1, 0.15) is 13.8 Å². The number of hydrogen-bond acceptors (Lipinski definition) is 8. The molecular weight excluding hydrogens is 292 g/mol. The Morgan fingerprint density at radius 1 is 1.33 bits per heavy atom. The number of nitrogens with one attached hydrogen (secondary N) is 2. The molecule has 2 aromatic rings. The molecule has 0 radical (unpaired) electrons. The molecule has 0 saturated heterocycles. The molecule has 2 rings (SSSR count). The van der Waals surface area contributed by atoms with Crippen LogP contribution in [0, 0.1) is 0 Å². The van der Waals surface area contributed by atoms with E-state index in [0.717, 1.165) is 0 Å². The third-order valence-electron chi connectivity index (χ3n) is 2.44. The molecule has 2 atom stereocenters. The van der Waals surface area contributed by atoms with Gasteiger partial charge in [-0.15, -0.1) is 0 Å². The second-order valence-corrected chi connectivity index (χ2v) is 5.92. The second-order valence-electron chi connectivity index (χ2n) is 4.44. The Bertz CT molecular complexity index is 602. The van der Waals surface area contributed by atoms with Crippen molar-refractivity contribution in [3.8, 4) is 5.95 Å². The molecule has 2 heterocycles. The summed E-state index contributed by atoms with van der Waals surface area (Å²) >= 11 is 0. The van der Waals surface area contributed by atoms with E-state index in [1.165, 1.54) is 17.3 Å². The monoisotopic (exact) mass is 310 g/mol. The van der Waals surface area contributed by atoms with Gasteiger partial charge in [-0.3, -0.25) is 4.21 Å². The topological polar surface area (TPSA) is 111 Å². The van der Waals surface area contributed by atoms with Gasteiger partial charge in [-0.2, -0.15) is 24.7 Å². The first-order valence-corrected chi connectivity index (χ1v) is 8.22. The fourth-order valence-corrected chi connectivity index (χ4v) is 2.48. The van der Waals surface area contributed by atoms with Gasteiger partial charge in [0.25, 0.3) is 5.95 Å². The van der Waals surface area contributed by atoms with Gasteiger partial charge in [-0.1, -0.05) is 0 Å². The van der Waals surface area contributed by atoms with Crippen LogP contribution in [0.25, 0.3) is 5.95 Å². The van der Waals surface area contributed by atoms with Gasteiger partial charge >= 0.3 is 0 Å². The first kappa shape index (κ1) is 15.3. The molecule has 0 aliphatic heterocycles. The Kier molecular flexibility index (Phi) is 5.14. The Balaban J connectivity index is 2.25. The maximum Gasteiger partial charge on any atom is 0.258 e. The van der Waals surface area contributed by atoms with Gasteiger partial charge in [0.15, 0.2) is 0 Å². The number of nitrogens with zero attached hydrogens (tertiary/aromatic N) is 6. The van der Waals surface area contributed by atoms with Crippen LogP contribution in [0.15, 0.2) is 12.7 Å². The zero-order chi connectivity index (χ0) is 15.2. The Morgan fingerprint density at radius 2 is 2.10 bits per heavy atom. The molecule has 0 saturated carbocycles. The molecule has 2 N–H and O–H groups in total. The van der Waals surface area contributed by atoms with E-state index < -0.39 is 10.8 Å². The smallest absolute Gasteiger partial charge is 0.258 e. The highest BCUT2D eigenvalue weighted by Gasteiger charge is 2.11. The lowest BCUT2D eigenvalue weighted by atomic mass is 10.4. The molecule has 0 aliphatic rings. The average molecular weight is 310 g/mol. The van der Waals surface area contributed by atoms with E-state index in [9.17, 15) is 4.21 Å². The fourth-order valence-electron chi connectivity index (χ4n) is 1.69. The van der Waals surface area contributed by atoms with Crippen LogP contribution >= 0.6 is 0 Å². The van der Waals surface area contributed by atoms with Crippen molar-refractivity contribution in [3.05, 3.63) is 12.7 Å². The molecule has 9 nitrogen and oxygen atoms in total. The molecular formula is C11H18N8OS. The van der Waals surface area contributed by atoms with Crippen molar-refractivity contribution in [2.75, 3.05) is 29.2 Å². The predicted octanol–water partition coefficient (Wildman–Crippen LogP) is 0.0630. The standard InChI is InChI=1S/C11H18N8OS/c1-4-13-9-16-10(15-8(2)5-21(3)20)18-11(17-9)19-7-12-6-14-19/h6-8H,4-5H2,1-3H3,(H2,13,15,16,17,18). The van der Waals surface area contributed by atoms with Crippen molar-refractivity contribution in [1.29, 1.82) is 0 Å². The fraction of sp³-hybridized carbons (Fsp3) is 0.545. The second kappa shape index (κ2) is 7.07. The number of aromatic nitrogens is 6. The normalized spacial score (nSPS) is 13.7. The van der Waals surface area contributed by atoms with Gasteiger partial charge in [-0.25, -0.2) is 4.98 Å². The zero-order valence-corrected chi connectivity index (χ0v) is 13.0. The molecule has 0 aliphatic carbocycles. The first-order chi connectivity index (χ1) is 10.1. The van der Waals surface area contributed by atoms with E-state index >= 15 is 0 Å². The maximum atomic E-state index is 11.3. The number of hydrogen-bond donors (Lipinski definition) is 2.